The molecule has 0 fully saturated rings. The summed E-state index contributed by atoms with van der Waals surface area (Å²) < 4.78 is 2.10. The second kappa shape index (κ2) is 13.8. The maximum atomic E-state index is 15.2. The summed E-state index contributed by atoms with van der Waals surface area (Å²) in [6.45, 7) is 7.43. The lowest BCUT2D eigenvalue weighted by atomic mass is 9.97. The molecule has 0 bridgehead atoms. The van der Waals surface area contributed by atoms with Gasteiger partial charge in [-0.05, 0) is 81.4 Å². The number of aromatic nitrogens is 1. The first-order valence-corrected chi connectivity index (χ1v) is 18.8. The molecule has 8 aromatic carbocycles. The van der Waals surface area contributed by atoms with E-state index in [4.69, 9.17) is 6.57 Å². The molecule has 0 atom stereocenters. The number of carbonyl (C=O) groups is 2. The number of nitriles is 1. The van der Waals surface area contributed by atoms with Gasteiger partial charge in [-0.1, -0.05) is 140 Å². The Labute approximate surface area is 334 Å². The first-order valence-electron chi connectivity index (χ1n) is 18.8. The Bertz CT molecular complexity index is 3090. The van der Waals surface area contributed by atoms with Gasteiger partial charge in [0.05, 0.1) is 51.7 Å². The molecule has 0 N–H and O–H groups in total. The number of hydrogen-bond acceptors (Lipinski definition) is 3. The van der Waals surface area contributed by atoms with Crippen molar-refractivity contribution in [2.75, 3.05) is 4.90 Å². The quantitative estimate of drug-likeness (QED) is 0.126. The number of carbonyl (C=O) groups excluding carboxylic acids is 2. The molecule has 2 heterocycles. The van der Waals surface area contributed by atoms with E-state index in [1.165, 1.54) is 4.90 Å². The Morgan fingerprint density at radius 1 is 0.466 bits per heavy atom. The van der Waals surface area contributed by atoms with Crippen LogP contribution in [0.1, 0.15) is 26.3 Å². The third-order valence-corrected chi connectivity index (χ3v) is 11.0. The van der Waals surface area contributed by atoms with Crippen LogP contribution < -0.4 is 4.90 Å². The van der Waals surface area contributed by atoms with Gasteiger partial charge in [0.2, 0.25) is 0 Å². The van der Waals surface area contributed by atoms with E-state index in [9.17, 15) is 10.1 Å². The molecule has 270 valence electrons. The van der Waals surface area contributed by atoms with Crippen LogP contribution in [0.4, 0.5) is 11.4 Å². The first kappa shape index (κ1) is 34.2. The van der Waals surface area contributed by atoms with Crippen molar-refractivity contribution < 1.29 is 9.59 Å². The van der Waals surface area contributed by atoms with Gasteiger partial charge in [-0.15, -0.1) is 0 Å². The maximum Gasteiger partial charge on any atom is 0.268 e. The number of anilines is 1. The second-order valence-corrected chi connectivity index (χ2v) is 14.3. The monoisotopic (exact) mass is 742 g/mol. The zero-order valence-electron chi connectivity index (χ0n) is 30.9. The number of imide groups is 1. The highest BCUT2D eigenvalue weighted by molar-refractivity contribution is 6.36. The molecule has 1 aliphatic rings. The predicted molar refractivity (Wildman–Crippen MR) is 231 cm³/mol. The van der Waals surface area contributed by atoms with Crippen molar-refractivity contribution in [2.45, 2.75) is 0 Å². The van der Waals surface area contributed by atoms with E-state index in [0.29, 0.717) is 33.8 Å². The Morgan fingerprint density at radius 2 is 1.00 bits per heavy atom. The summed E-state index contributed by atoms with van der Waals surface area (Å²) in [7, 11) is 0. The summed E-state index contributed by atoms with van der Waals surface area (Å²) in [4.78, 5) is 34.8. The van der Waals surface area contributed by atoms with Crippen molar-refractivity contribution in [1.29, 1.82) is 5.26 Å². The Morgan fingerprint density at radius 3 is 1.60 bits per heavy atom. The highest BCUT2D eigenvalue weighted by Crippen LogP contribution is 2.43. The van der Waals surface area contributed by atoms with Crippen LogP contribution in [-0.4, -0.2) is 16.4 Å². The number of benzene rings is 8. The van der Waals surface area contributed by atoms with Crippen LogP contribution in [0.3, 0.4) is 0 Å². The normalized spacial score (nSPS) is 12.1. The van der Waals surface area contributed by atoms with Gasteiger partial charge < -0.3 is 4.57 Å². The van der Waals surface area contributed by atoms with Crippen LogP contribution in [0.2, 0.25) is 0 Å². The minimum Gasteiger partial charge on any atom is -0.308 e. The molecule has 6 heteroatoms. The molecule has 0 spiro atoms. The van der Waals surface area contributed by atoms with Crippen LogP contribution in [0, 0.1) is 17.9 Å². The second-order valence-electron chi connectivity index (χ2n) is 14.3. The van der Waals surface area contributed by atoms with Gasteiger partial charge in [0.1, 0.15) is 0 Å². The van der Waals surface area contributed by atoms with Crippen molar-refractivity contribution >= 4 is 45.0 Å². The van der Waals surface area contributed by atoms with E-state index >= 15 is 4.79 Å². The highest BCUT2D eigenvalue weighted by Gasteiger charge is 2.40. The summed E-state index contributed by atoms with van der Waals surface area (Å²) in [6, 6.07) is 61.0. The minimum atomic E-state index is -0.401. The van der Waals surface area contributed by atoms with Crippen LogP contribution in [-0.2, 0) is 0 Å². The van der Waals surface area contributed by atoms with Crippen molar-refractivity contribution in [1.82, 2.24) is 4.57 Å². The van der Waals surface area contributed by atoms with E-state index < -0.39 is 5.91 Å². The summed E-state index contributed by atoms with van der Waals surface area (Å²) in [5, 5.41) is 11.4. The van der Waals surface area contributed by atoms with E-state index in [1.54, 1.807) is 18.2 Å². The smallest absolute Gasteiger partial charge is 0.268 e. The highest BCUT2D eigenvalue weighted by atomic mass is 16.2. The first-order chi connectivity index (χ1) is 28.5. The van der Waals surface area contributed by atoms with Crippen LogP contribution in [0.15, 0.2) is 182 Å². The average molecular weight is 743 g/mol. The molecule has 0 radical (unpaired) electrons. The number of hydrogen-bond donors (Lipinski definition) is 0. The molecule has 1 aliphatic heterocycles. The lowest BCUT2D eigenvalue weighted by Crippen LogP contribution is -2.30. The Hall–Kier alpha value is -8.32. The standard InChI is InChI=1S/C52H30N4O2/c1-54-41-24-19-36(20-25-41)40-23-28-44-43-27-22-39(35-17-15-33(32-53)16-18-35)30-48(43)55(49(44)31-40)46-14-8-13-45-50(46)52(58)56(51(45)57)47-29-38(34-9-4-2-5-10-34)21-26-42(47)37-11-6-3-7-12-37/h2-31H. The number of amides is 2. The average Bonchev–Trinajstić information content (AvgIpc) is 3.75. The summed E-state index contributed by atoms with van der Waals surface area (Å²) in [5.41, 5.74) is 11.9. The van der Waals surface area contributed by atoms with Gasteiger partial charge >= 0.3 is 0 Å². The molecular formula is C52H30N4O2. The molecule has 1 aromatic heterocycles. The number of rotatable bonds is 6. The molecule has 0 saturated heterocycles. The maximum absolute atomic E-state index is 15.2. The van der Waals surface area contributed by atoms with Gasteiger partial charge in [-0.2, -0.15) is 5.26 Å². The van der Waals surface area contributed by atoms with Gasteiger partial charge in [0, 0.05) is 16.3 Å². The van der Waals surface area contributed by atoms with E-state index in [1.807, 2.05) is 127 Å². The van der Waals surface area contributed by atoms with Crippen LogP contribution in [0.5, 0.6) is 0 Å². The minimum absolute atomic E-state index is 0.325. The van der Waals surface area contributed by atoms with Crippen molar-refractivity contribution in [3.63, 3.8) is 0 Å². The number of nitrogens with zero attached hydrogens (tertiary/aromatic N) is 4. The van der Waals surface area contributed by atoms with E-state index in [0.717, 1.165) is 66.3 Å². The molecule has 0 aliphatic carbocycles. The molecule has 10 rings (SSSR count). The fourth-order valence-corrected chi connectivity index (χ4v) is 8.16. The molecule has 9 aromatic rings. The largest absolute Gasteiger partial charge is 0.308 e. The van der Waals surface area contributed by atoms with Gasteiger partial charge in [0.25, 0.3) is 11.8 Å². The van der Waals surface area contributed by atoms with Gasteiger partial charge in [-0.25, -0.2) is 9.74 Å². The van der Waals surface area contributed by atoms with Gasteiger partial charge in [-0.3, -0.25) is 9.59 Å². The summed E-state index contributed by atoms with van der Waals surface area (Å²) in [6.07, 6.45) is 0. The molecule has 0 saturated carbocycles. The van der Waals surface area contributed by atoms with Crippen molar-refractivity contribution in [3.05, 3.63) is 210 Å². The van der Waals surface area contributed by atoms with Crippen molar-refractivity contribution in [2.24, 2.45) is 0 Å². The fraction of sp³-hybridized carbons (Fsp3) is 0. The van der Waals surface area contributed by atoms with Crippen LogP contribution >= 0.6 is 0 Å². The zero-order valence-corrected chi connectivity index (χ0v) is 30.9. The fourth-order valence-electron chi connectivity index (χ4n) is 8.16. The van der Waals surface area contributed by atoms with E-state index in [2.05, 4.69) is 51.9 Å². The number of fused-ring (bicyclic) bond motifs is 4. The zero-order chi connectivity index (χ0) is 39.3. The molecule has 2 amide bonds. The van der Waals surface area contributed by atoms with Gasteiger partial charge in [0.15, 0.2) is 5.69 Å². The van der Waals surface area contributed by atoms with Crippen LogP contribution in [0.25, 0.3) is 76.8 Å². The Balaban J connectivity index is 1.20. The lowest BCUT2D eigenvalue weighted by Gasteiger charge is -2.20. The summed E-state index contributed by atoms with van der Waals surface area (Å²) in [5.74, 6) is -0.786. The van der Waals surface area contributed by atoms with Crippen molar-refractivity contribution in [3.8, 4) is 56.3 Å². The SMILES string of the molecule is [C-]#[N+]c1ccc(-c2ccc3c4ccc(-c5ccc(C#N)cc5)cc4n(-c4cccc5c4C(=O)N(c4cc(-c6ccccc6)ccc4-c4ccccc4)C5=O)c3c2)cc1. The summed E-state index contributed by atoms with van der Waals surface area (Å²) >= 11 is 0. The Kier molecular flexibility index (Phi) is 8.11. The molecular weight excluding hydrogens is 713 g/mol. The topological polar surface area (TPSA) is 70.5 Å². The third kappa shape index (κ3) is 5.56. The lowest BCUT2D eigenvalue weighted by molar-refractivity contribution is 0.0926. The van der Waals surface area contributed by atoms with E-state index in [-0.39, 0.29) is 5.91 Å². The molecule has 0 unspecified atom stereocenters. The predicted octanol–water partition coefficient (Wildman–Crippen LogP) is 12.7. The molecule has 6 nitrogen and oxygen atoms in total. The third-order valence-electron chi connectivity index (χ3n) is 11.0. The molecule has 58 heavy (non-hydrogen) atoms.